The van der Waals surface area contributed by atoms with Crippen molar-refractivity contribution in [3.63, 3.8) is 0 Å². The molecule has 3 heteroatoms. The van der Waals surface area contributed by atoms with Crippen molar-refractivity contribution in [2.75, 3.05) is 6.61 Å². The van der Waals surface area contributed by atoms with Gasteiger partial charge in [-0.3, -0.25) is 0 Å². The summed E-state index contributed by atoms with van der Waals surface area (Å²) in [6.45, 7) is 4.25. The van der Waals surface area contributed by atoms with E-state index in [1.807, 2.05) is 0 Å². The van der Waals surface area contributed by atoms with Crippen LogP contribution in [0, 0.1) is 12.8 Å². The second-order valence-electron chi connectivity index (χ2n) is 4.02. The summed E-state index contributed by atoms with van der Waals surface area (Å²) in [5.41, 5.74) is 7.05. The Bertz CT molecular complexity index is 334. The molecule has 1 heterocycles. The van der Waals surface area contributed by atoms with Gasteiger partial charge in [-0.05, 0) is 30.9 Å². The summed E-state index contributed by atoms with van der Waals surface area (Å²) in [4.78, 5) is 2.49. The molecule has 2 rings (SSSR count). The third-order valence-corrected chi connectivity index (χ3v) is 4.31. The van der Waals surface area contributed by atoms with Gasteiger partial charge in [0.1, 0.15) is 0 Å². The molecule has 2 unspecified atom stereocenters. The third kappa shape index (κ3) is 1.15. The summed E-state index contributed by atoms with van der Waals surface area (Å²) < 4.78 is 0. The number of fused-ring (bicyclic) bond motifs is 1. The van der Waals surface area contributed by atoms with Gasteiger partial charge >= 0.3 is 0 Å². The second-order valence-corrected chi connectivity index (χ2v) is 5.27. The molecule has 0 spiro atoms. The quantitative estimate of drug-likeness (QED) is 0.714. The molecule has 1 aliphatic carbocycles. The Labute approximate surface area is 82.4 Å². The van der Waals surface area contributed by atoms with E-state index in [4.69, 9.17) is 5.73 Å². The monoisotopic (exact) mass is 197 g/mol. The van der Waals surface area contributed by atoms with Crippen LogP contribution in [-0.4, -0.2) is 11.7 Å². The van der Waals surface area contributed by atoms with Gasteiger partial charge in [-0.25, -0.2) is 0 Å². The minimum Gasteiger partial charge on any atom is -0.394 e. The standard InChI is InChI=1S/C10H15NOS/c1-6-3-8-4-7(2)13-9(8)10(6,11)5-12/h4,6,12H,3,5,11H2,1-2H3. The first kappa shape index (κ1) is 9.19. The van der Waals surface area contributed by atoms with E-state index in [2.05, 4.69) is 19.9 Å². The van der Waals surface area contributed by atoms with Gasteiger partial charge in [0.15, 0.2) is 0 Å². The molecule has 1 aromatic heterocycles. The van der Waals surface area contributed by atoms with Crippen LogP contribution in [0.25, 0.3) is 0 Å². The number of aliphatic hydroxyl groups excluding tert-OH is 1. The normalized spacial score (nSPS) is 32.2. The van der Waals surface area contributed by atoms with Gasteiger partial charge in [-0.1, -0.05) is 6.92 Å². The third-order valence-electron chi connectivity index (χ3n) is 3.02. The van der Waals surface area contributed by atoms with Crippen molar-refractivity contribution < 1.29 is 5.11 Å². The van der Waals surface area contributed by atoms with E-state index < -0.39 is 5.54 Å². The summed E-state index contributed by atoms with van der Waals surface area (Å²) in [5.74, 6) is 0.361. The average Bonchev–Trinajstić information content (AvgIpc) is 2.53. The fourth-order valence-electron chi connectivity index (χ4n) is 2.08. The maximum Gasteiger partial charge on any atom is 0.0769 e. The molecule has 0 aromatic carbocycles. The Morgan fingerprint density at radius 1 is 1.77 bits per heavy atom. The van der Waals surface area contributed by atoms with E-state index >= 15 is 0 Å². The van der Waals surface area contributed by atoms with Crippen LogP contribution in [-0.2, 0) is 12.0 Å². The highest BCUT2D eigenvalue weighted by Gasteiger charge is 2.42. The molecule has 0 fully saturated rings. The second kappa shape index (κ2) is 2.80. The molecule has 0 bridgehead atoms. The first-order chi connectivity index (χ1) is 6.08. The summed E-state index contributed by atoms with van der Waals surface area (Å²) in [5, 5.41) is 9.33. The van der Waals surface area contributed by atoms with Crippen molar-refractivity contribution in [1.29, 1.82) is 0 Å². The van der Waals surface area contributed by atoms with Crippen LogP contribution < -0.4 is 5.73 Å². The molecule has 72 valence electrons. The minimum absolute atomic E-state index is 0.0567. The van der Waals surface area contributed by atoms with Gasteiger partial charge in [-0.2, -0.15) is 0 Å². The van der Waals surface area contributed by atoms with E-state index in [0.29, 0.717) is 5.92 Å². The zero-order valence-electron chi connectivity index (χ0n) is 8.00. The van der Waals surface area contributed by atoms with Gasteiger partial charge in [0, 0.05) is 9.75 Å². The van der Waals surface area contributed by atoms with Gasteiger partial charge in [-0.15, -0.1) is 11.3 Å². The van der Waals surface area contributed by atoms with Crippen LogP contribution in [0.2, 0.25) is 0 Å². The summed E-state index contributed by atoms with van der Waals surface area (Å²) in [7, 11) is 0. The Morgan fingerprint density at radius 2 is 2.46 bits per heavy atom. The maximum absolute atomic E-state index is 9.33. The van der Waals surface area contributed by atoms with Crippen LogP contribution in [0.4, 0.5) is 0 Å². The number of aliphatic hydroxyl groups is 1. The molecule has 0 saturated carbocycles. The Hall–Kier alpha value is -0.380. The van der Waals surface area contributed by atoms with Crippen LogP contribution in [0.15, 0.2) is 6.07 Å². The fourth-order valence-corrected chi connectivity index (χ4v) is 3.33. The molecular weight excluding hydrogens is 182 g/mol. The lowest BCUT2D eigenvalue weighted by Gasteiger charge is -2.26. The Balaban J connectivity index is 2.50. The molecular formula is C10H15NOS. The summed E-state index contributed by atoms with van der Waals surface area (Å²) >= 11 is 1.73. The average molecular weight is 197 g/mol. The highest BCUT2D eigenvalue weighted by molar-refractivity contribution is 7.12. The maximum atomic E-state index is 9.33. The highest BCUT2D eigenvalue weighted by Crippen LogP contribution is 2.43. The van der Waals surface area contributed by atoms with Gasteiger partial charge in [0.2, 0.25) is 0 Å². The van der Waals surface area contributed by atoms with E-state index in [9.17, 15) is 5.11 Å². The fraction of sp³-hybridized carbons (Fsp3) is 0.600. The lowest BCUT2D eigenvalue weighted by Crippen LogP contribution is -2.43. The van der Waals surface area contributed by atoms with Crippen molar-refractivity contribution in [2.24, 2.45) is 11.7 Å². The minimum atomic E-state index is -0.478. The largest absolute Gasteiger partial charge is 0.394 e. The van der Waals surface area contributed by atoms with Crippen molar-refractivity contribution in [3.8, 4) is 0 Å². The molecule has 0 radical (unpaired) electrons. The molecule has 0 aliphatic heterocycles. The van der Waals surface area contributed by atoms with E-state index in [-0.39, 0.29) is 6.61 Å². The highest BCUT2D eigenvalue weighted by atomic mass is 32.1. The predicted octanol–water partition coefficient (Wildman–Crippen LogP) is 1.40. The van der Waals surface area contributed by atoms with Crippen molar-refractivity contribution in [1.82, 2.24) is 0 Å². The molecule has 3 N–H and O–H groups in total. The van der Waals surface area contributed by atoms with Crippen LogP contribution >= 0.6 is 11.3 Å². The van der Waals surface area contributed by atoms with E-state index in [1.165, 1.54) is 15.3 Å². The number of rotatable bonds is 1. The van der Waals surface area contributed by atoms with Crippen LogP contribution in [0.3, 0.4) is 0 Å². The van der Waals surface area contributed by atoms with Crippen LogP contribution in [0.5, 0.6) is 0 Å². The lowest BCUT2D eigenvalue weighted by atomic mass is 9.91. The van der Waals surface area contributed by atoms with E-state index in [1.54, 1.807) is 11.3 Å². The predicted molar refractivity (Wildman–Crippen MR) is 54.9 cm³/mol. The zero-order chi connectivity index (χ0) is 9.64. The van der Waals surface area contributed by atoms with Gasteiger partial charge < -0.3 is 10.8 Å². The van der Waals surface area contributed by atoms with Gasteiger partial charge in [0.05, 0.1) is 12.1 Å². The first-order valence-corrected chi connectivity index (χ1v) is 5.39. The number of hydrogen-bond donors (Lipinski definition) is 2. The number of aryl methyl sites for hydroxylation is 1. The van der Waals surface area contributed by atoms with Crippen molar-refractivity contribution in [3.05, 3.63) is 21.4 Å². The molecule has 1 aromatic rings. The number of hydrogen-bond acceptors (Lipinski definition) is 3. The SMILES string of the molecule is Cc1cc2c(s1)C(N)(CO)C(C)C2. The Morgan fingerprint density at radius 3 is 3.08 bits per heavy atom. The molecule has 2 nitrogen and oxygen atoms in total. The molecule has 1 aliphatic rings. The van der Waals surface area contributed by atoms with Crippen molar-refractivity contribution >= 4 is 11.3 Å². The topological polar surface area (TPSA) is 46.2 Å². The lowest BCUT2D eigenvalue weighted by molar-refractivity contribution is 0.162. The van der Waals surface area contributed by atoms with Crippen LogP contribution in [0.1, 0.15) is 22.2 Å². The smallest absolute Gasteiger partial charge is 0.0769 e. The number of nitrogens with two attached hydrogens (primary N) is 1. The number of thiophene rings is 1. The van der Waals surface area contributed by atoms with Crippen molar-refractivity contribution in [2.45, 2.75) is 25.8 Å². The zero-order valence-corrected chi connectivity index (χ0v) is 8.82. The van der Waals surface area contributed by atoms with E-state index in [0.717, 1.165) is 6.42 Å². The molecule has 0 amide bonds. The molecule has 0 saturated heterocycles. The first-order valence-electron chi connectivity index (χ1n) is 4.57. The Kier molecular flexibility index (Phi) is 1.98. The summed E-state index contributed by atoms with van der Waals surface area (Å²) in [6, 6.07) is 2.20. The van der Waals surface area contributed by atoms with Gasteiger partial charge in [0.25, 0.3) is 0 Å². The molecule has 2 atom stereocenters. The summed E-state index contributed by atoms with van der Waals surface area (Å²) in [6.07, 6.45) is 1.01. The molecule has 13 heavy (non-hydrogen) atoms.